The fourth-order valence-electron chi connectivity index (χ4n) is 2.38. The number of aryl methyl sites for hydroxylation is 1. The second-order valence-corrected chi connectivity index (χ2v) is 5.27. The van der Waals surface area contributed by atoms with Crippen molar-refractivity contribution in [2.24, 2.45) is 0 Å². The number of fused-ring (bicyclic) bond motifs is 1. The van der Waals surface area contributed by atoms with Crippen molar-refractivity contribution in [2.45, 2.75) is 13.3 Å². The summed E-state index contributed by atoms with van der Waals surface area (Å²) in [6, 6.07) is 16.0. The van der Waals surface area contributed by atoms with Crippen LogP contribution in [0.3, 0.4) is 0 Å². The van der Waals surface area contributed by atoms with Crippen LogP contribution < -0.4 is 5.32 Å². The molecule has 3 heteroatoms. The molecule has 0 bridgehead atoms. The van der Waals surface area contributed by atoms with Gasteiger partial charge in [-0.05, 0) is 48.6 Å². The highest BCUT2D eigenvalue weighted by atomic mass is 16.1. The first-order valence-electron chi connectivity index (χ1n) is 7.13. The lowest BCUT2D eigenvalue weighted by Crippen LogP contribution is -2.25. The highest BCUT2D eigenvalue weighted by Crippen LogP contribution is 2.14. The summed E-state index contributed by atoms with van der Waals surface area (Å²) in [4.78, 5) is 15.2. The number of amides is 1. The maximum atomic E-state index is 12.0. The molecule has 106 valence electrons. The van der Waals surface area contributed by atoms with E-state index in [1.807, 2.05) is 37.4 Å². The third-order valence-corrected chi connectivity index (χ3v) is 3.63. The Bertz CT molecular complexity index is 756. The minimum atomic E-state index is -0.0176. The Morgan fingerprint density at radius 1 is 1.10 bits per heavy atom. The van der Waals surface area contributed by atoms with Gasteiger partial charge in [-0.1, -0.05) is 29.8 Å². The average Bonchev–Trinajstić information content (AvgIpc) is 2.95. The number of aromatic amines is 1. The highest BCUT2D eigenvalue weighted by molar-refractivity contribution is 5.94. The van der Waals surface area contributed by atoms with Gasteiger partial charge in [0.15, 0.2) is 0 Å². The number of hydrogen-bond acceptors (Lipinski definition) is 1. The molecule has 2 aromatic carbocycles. The fraction of sp³-hybridized carbons (Fsp3) is 0.167. The summed E-state index contributed by atoms with van der Waals surface area (Å²) in [5, 5.41) is 4.17. The lowest BCUT2D eigenvalue weighted by molar-refractivity contribution is 0.0954. The summed E-state index contributed by atoms with van der Waals surface area (Å²) in [5.41, 5.74) is 4.22. The smallest absolute Gasteiger partial charge is 0.251 e. The van der Waals surface area contributed by atoms with Crippen LogP contribution in [0.25, 0.3) is 10.9 Å². The van der Waals surface area contributed by atoms with E-state index in [9.17, 15) is 4.79 Å². The molecular formula is C18H18N2O. The average molecular weight is 278 g/mol. The molecule has 0 aliphatic rings. The van der Waals surface area contributed by atoms with Crippen LogP contribution in [-0.4, -0.2) is 17.4 Å². The molecule has 3 rings (SSSR count). The van der Waals surface area contributed by atoms with Gasteiger partial charge < -0.3 is 10.3 Å². The van der Waals surface area contributed by atoms with Crippen LogP contribution in [0, 0.1) is 6.92 Å². The predicted octanol–water partition coefficient (Wildman–Crippen LogP) is 3.45. The summed E-state index contributed by atoms with van der Waals surface area (Å²) in [7, 11) is 0. The first-order chi connectivity index (χ1) is 10.2. The molecule has 0 atom stereocenters. The number of aromatic nitrogens is 1. The van der Waals surface area contributed by atoms with Crippen LogP contribution in [0.1, 0.15) is 21.5 Å². The van der Waals surface area contributed by atoms with Gasteiger partial charge in [-0.2, -0.15) is 0 Å². The Balaban J connectivity index is 1.57. The van der Waals surface area contributed by atoms with Crippen molar-refractivity contribution in [3.8, 4) is 0 Å². The Morgan fingerprint density at radius 3 is 2.71 bits per heavy atom. The van der Waals surface area contributed by atoms with Gasteiger partial charge in [-0.15, -0.1) is 0 Å². The van der Waals surface area contributed by atoms with Crippen molar-refractivity contribution in [1.29, 1.82) is 0 Å². The summed E-state index contributed by atoms with van der Waals surface area (Å²) in [5.74, 6) is -0.0176. The van der Waals surface area contributed by atoms with E-state index in [1.165, 1.54) is 10.9 Å². The molecule has 1 aromatic heterocycles. The molecule has 1 heterocycles. The van der Waals surface area contributed by atoms with Crippen molar-refractivity contribution in [2.75, 3.05) is 6.54 Å². The first-order valence-corrected chi connectivity index (χ1v) is 7.13. The maximum absolute atomic E-state index is 12.0. The summed E-state index contributed by atoms with van der Waals surface area (Å²) < 4.78 is 0. The maximum Gasteiger partial charge on any atom is 0.251 e. The molecule has 0 aliphatic heterocycles. The minimum Gasteiger partial charge on any atom is -0.361 e. The van der Waals surface area contributed by atoms with E-state index >= 15 is 0 Å². The lowest BCUT2D eigenvalue weighted by Gasteiger charge is -2.06. The molecule has 21 heavy (non-hydrogen) atoms. The topological polar surface area (TPSA) is 44.9 Å². The largest absolute Gasteiger partial charge is 0.361 e. The van der Waals surface area contributed by atoms with Crippen molar-refractivity contribution in [1.82, 2.24) is 10.3 Å². The molecular weight excluding hydrogens is 260 g/mol. The van der Waals surface area contributed by atoms with Crippen molar-refractivity contribution >= 4 is 16.8 Å². The van der Waals surface area contributed by atoms with Gasteiger partial charge >= 0.3 is 0 Å². The zero-order valence-corrected chi connectivity index (χ0v) is 12.0. The lowest BCUT2D eigenvalue weighted by atomic mass is 10.1. The molecule has 1 amide bonds. The third kappa shape index (κ3) is 3.14. The SMILES string of the molecule is Cc1ccc(C(=O)NCCc2ccc3cc[nH]c3c2)cc1. The van der Waals surface area contributed by atoms with Gasteiger partial charge in [0.05, 0.1) is 0 Å². The number of rotatable bonds is 4. The molecule has 0 radical (unpaired) electrons. The van der Waals surface area contributed by atoms with Crippen molar-refractivity contribution < 1.29 is 4.79 Å². The van der Waals surface area contributed by atoms with E-state index in [4.69, 9.17) is 0 Å². The van der Waals surface area contributed by atoms with Crippen molar-refractivity contribution in [3.63, 3.8) is 0 Å². The molecule has 3 aromatic rings. The molecule has 0 saturated carbocycles. The van der Waals surface area contributed by atoms with Crippen molar-refractivity contribution in [3.05, 3.63) is 71.4 Å². The number of carbonyl (C=O) groups excluding carboxylic acids is 1. The quantitative estimate of drug-likeness (QED) is 0.754. The minimum absolute atomic E-state index is 0.0176. The first kappa shape index (κ1) is 13.4. The number of hydrogen-bond donors (Lipinski definition) is 2. The zero-order chi connectivity index (χ0) is 14.7. The van der Waals surface area contributed by atoms with E-state index < -0.39 is 0 Å². The zero-order valence-electron chi connectivity index (χ0n) is 12.0. The monoisotopic (exact) mass is 278 g/mol. The summed E-state index contributed by atoms with van der Waals surface area (Å²) in [6.45, 7) is 2.65. The van der Waals surface area contributed by atoms with E-state index in [0.29, 0.717) is 12.1 Å². The summed E-state index contributed by atoms with van der Waals surface area (Å²) >= 11 is 0. The fourth-order valence-corrected chi connectivity index (χ4v) is 2.38. The van der Waals surface area contributed by atoms with E-state index in [0.717, 1.165) is 17.5 Å². The van der Waals surface area contributed by atoms with Gasteiger partial charge in [0.1, 0.15) is 0 Å². The molecule has 0 saturated heterocycles. The van der Waals surface area contributed by atoms with Crippen LogP contribution >= 0.6 is 0 Å². The van der Waals surface area contributed by atoms with Crippen LogP contribution in [0.2, 0.25) is 0 Å². The molecule has 0 fully saturated rings. The van der Waals surface area contributed by atoms with Crippen LogP contribution in [-0.2, 0) is 6.42 Å². The van der Waals surface area contributed by atoms with E-state index in [1.54, 1.807) is 0 Å². The number of benzene rings is 2. The second-order valence-electron chi connectivity index (χ2n) is 5.27. The van der Waals surface area contributed by atoms with Gasteiger partial charge in [0.25, 0.3) is 5.91 Å². The second kappa shape index (κ2) is 5.83. The Hall–Kier alpha value is -2.55. The molecule has 0 unspecified atom stereocenters. The van der Waals surface area contributed by atoms with Crippen LogP contribution in [0.4, 0.5) is 0 Å². The van der Waals surface area contributed by atoms with E-state index in [2.05, 4.69) is 34.6 Å². The Kier molecular flexibility index (Phi) is 3.73. The van der Waals surface area contributed by atoms with Gasteiger partial charge in [0, 0.05) is 23.8 Å². The predicted molar refractivity (Wildman–Crippen MR) is 85.5 cm³/mol. The molecule has 0 spiro atoms. The highest BCUT2D eigenvalue weighted by Gasteiger charge is 2.04. The molecule has 2 N–H and O–H groups in total. The molecule has 0 aliphatic carbocycles. The Labute approximate surface area is 124 Å². The van der Waals surface area contributed by atoms with Crippen LogP contribution in [0.5, 0.6) is 0 Å². The van der Waals surface area contributed by atoms with Gasteiger partial charge in [0.2, 0.25) is 0 Å². The normalized spacial score (nSPS) is 10.7. The molecule has 3 nitrogen and oxygen atoms in total. The standard InChI is InChI=1S/C18H18N2O/c1-13-2-5-16(6-3-13)18(21)20-10-8-14-4-7-15-9-11-19-17(15)12-14/h2-7,9,11-12,19H,8,10H2,1H3,(H,20,21). The number of H-pyrrole nitrogens is 1. The van der Waals surface area contributed by atoms with E-state index in [-0.39, 0.29) is 5.91 Å². The third-order valence-electron chi connectivity index (χ3n) is 3.63. The number of nitrogens with one attached hydrogen (secondary N) is 2. The Morgan fingerprint density at radius 2 is 1.90 bits per heavy atom. The van der Waals surface area contributed by atoms with Crippen LogP contribution in [0.15, 0.2) is 54.7 Å². The summed E-state index contributed by atoms with van der Waals surface area (Å²) in [6.07, 6.45) is 2.76. The van der Waals surface area contributed by atoms with Gasteiger partial charge in [-0.25, -0.2) is 0 Å². The number of carbonyl (C=O) groups is 1. The van der Waals surface area contributed by atoms with Gasteiger partial charge in [-0.3, -0.25) is 4.79 Å².